The molecule has 0 saturated heterocycles. The second-order valence-electron chi connectivity index (χ2n) is 4.17. The number of nitrogens with two attached hydrogens (primary N) is 1. The molecule has 0 amide bonds. The van der Waals surface area contributed by atoms with Crippen LogP contribution in [0.3, 0.4) is 0 Å². The molecule has 0 heterocycles. The maximum absolute atomic E-state index is 14.3. The molecule has 0 aliphatic heterocycles. The van der Waals surface area contributed by atoms with Crippen LogP contribution in [-0.4, -0.2) is 13.4 Å². The molecule has 0 bridgehead atoms. The summed E-state index contributed by atoms with van der Waals surface area (Å²) in [6.07, 6.45) is 4.65. The van der Waals surface area contributed by atoms with Gasteiger partial charge in [-0.05, 0) is 31.6 Å². The summed E-state index contributed by atoms with van der Waals surface area (Å²) < 4.78 is 19.4. The van der Waals surface area contributed by atoms with Gasteiger partial charge in [0.2, 0.25) is 0 Å². The molecule has 0 aromatic heterocycles. The first-order chi connectivity index (χ1) is 7.62. The lowest BCUT2D eigenvalue weighted by Gasteiger charge is -2.39. The van der Waals surface area contributed by atoms with Crippen molar-refractivity contribution in [1.29, 1.82) is 0 Å². The SMILES string of the molecule is COc1ccc(C2(N)CCC2)c(F)c1SC. The van der Waals surface area contributed by atoms with Crippen molar-refractivity contribution in [1.82, 2.24) is 0 Å². The summed E-state index contributed by atoms with van der Waals surface area (Å²) >= 11 is 1.36. The molecule has 1 aliphatic carbocycles. The van der Waals surface area contributed by atoms with Gasteiger partial charge < -0.3 is 10.5 Å². The van der Waals surface area contributed by atoms with Crippen molar-refractivity contribution in [2.24, 2.45) is 5.73 Å². The van der Waals surface area contributed by atoms with Crippen LogP contribution < -0.4 is 10.5 Å². The predicted octanol–water partition coefficient (Wildman–Crippen LogP) is 2.89. The molecule has 1 saturated carbocycles. The van der Waals surface area contributed by atoms with Gasteiger partial charge in [0, 0.05) is 11.1 Å². The Morgan fingerprint density at radius 3 is 2.56 bits per heavy atom. The number of methoxy groups -OCH3 is 1. The molecule has 1 aromatic carbocycles. The highest BCUT2D eigenvalue weighted by atomic mass is 32.2. The van der Waals surface area contributed by atoms with Crippen molar-refractivity contribution in [3.05, 3.63) is 23.5 Å². The van der Waals surface area contributed by atoms with E-state index in [2.05, 4.69) is 0 Å². The Kier molecular flexibility index (Phi) is 3.13. The highest BCUT2D eigenvalue weighted by Gasteiger charge is 2.37. The molecule has 2 N–H and O–H groups in total. The van der Waals surface area contributed by atoms with Gasteiger partial charge in [-0.2, -0.15) is 0 Å². The van der Waals surface area contributed by atoms with Crippen molar-refractivity contribution in [3.8, 4) is 5.75 Å². The summed E-state index contributed by atoms with van der Waals surface area (Å²) in [5.41, 5.74) is 6.32. The Morgan fingerprint density at radius 1 is 1.44 bits per heavy atom. The van der Waals surface area contributed by atoms with E-state index in [1.54, 1.807) is 19.2 Å². The minimum atomic E-state index is -0.458. The topological polar surface area (TPSA) is 35.2 Å². The number of hydrogen-bond acceptors (Lipinski definition) is 3. The fraction of sp³-hybridized carbons (Fsp3) is 0.500. The Morgan fingerprint density at radius 2 is 2.12 bits per heavy atom. The van der Waals surface area contributed by atoms with Gasteiger partial charge in [0.15, 0.2) is 0 Å². The molecule has 2 rings (SSSR count). The van der Waals surface area contributed by atoms with E-state index in [4.69, 9.17) is 10.5 Å². The van der Waals surface area contributed by atoms with E-state index in [-0.39, 0.29) is 5.82 Å². The van der Waals surface area contributed by atoms with Crippen molar-refractivity contribution < 1.29 is 9.13 Å². The highest BCUT2D eigenvalue weighted by molar-refractivity contribution is 7.98. The first-order valence-electron chi connectivity index (χ1n) is 5.32. The molecular weight excluding hydrogens is 225 g/mol. The van der Waals surface area contributed by atoms with Gasteiger partial charge in [-0.1, -0.05) is 6.07 Å². The molecule has 4 heteroatoms. The van der Waals surface area contributed by atoms with Gasteiger partial charge >= 0.3 is 0 Å². The first kappa shape index (κ1) is 11.7. The van der Waals surface area contributed by atoms with Crippen molar-refractivity contribution in [3.63, 3.8) is 0 Å². The summed E-state index contributed by atoms with van der Waals surface area (Å²) in [5.74, 6) is 0.366. The lowest BCUT2D eigenvalue weighted by atomic mass is 9.72. The summed E-state index contributed by atoms with van der Waals surface area (Å²) in [6.45, 7) is 0. The number of rotatable bonds is 3. The van der Waals surface area contributed by atoms with E-state index in [9.17, 15) is 4.39 Å². The van der Waals surface area contributed by atoms with E-state index < -0.39 is 5.54 Å². The summed E-state index contributed by atoms with van der Waals surface area (Å²) in [7, 11) is 1.55. The molecule has 0 radical (unpaired) electrons. The van der Waals surface area contributed by atoms with E-state index >= 15 is 0 Å². The quantitative estimate of drug-likeness (QED) is 0.826. The Hall–Kier alpha value is -0.740. The molecule has 1 aromatic rings. The van der Waals surface area contributed by atoms with Crippen LogP contribution in [0.25, 0.3) is 0 Å². The van der Waals surface area contributed by atoms with Crippen molar-refractivity contribution in [2.75, 3.05) is 13.4 Å². The van der Waals surface area contributed by atoms with Crippen LogP contribution in [-0.2, 0) is 5.54 Å². The number of hydrogen-bond donors (Lipinski definition) is 1. The molecule has 0 unspecified atom stereocenters. The average molecular weight is 241 g/mol. The first-order valence-corrected chi connectivity index (χ1v) is 6.54. The zero-order valence-electron chi connectivity index (χ0n) is 9.55. The Bertz CT molecular complexity index is 404. The maximum atomic E-state index is 14.3. The van der Waals surface area contributed by atoms with Gasteiger partial charge in [0.25, 0.3) is 0 Å². The summed E-state index contributed by atoms with van der Waals surface area (Å²) in [6, 6.07) is 3.56. The van der Waals surface area contributed by atoms with Crippen LogP contribution >= 0.6 is 11.8 Å². The van der Waals surface area contributed by atoms with Gasteiger partial charge in [-0.25, -0.2) is 4.39 Å². The smallest absolute Gasteiger partial charge is 0.145 e. The third-order valence-corrected chi connectivity index (χ3v) is 4.06. The second kappa shape index (κ2) is 4.26. The molecule has 1 fully saturated rings. The predicted molar refractivity (Wildman–Crippen MR) is 64.4 cm³/mol. The lowest BCUT2D eigenvalue weighted by Crippen LogP contribution is -2.44. The number of ether oxygens (including phenoxy) is 1. The van der Waals surface area contributed by atoms with Crippen molar-refractivity contribution in [2.45, 2.75) is 29.7 Å². The van der Waals surface area contributed by atoms with Gasteiger partial charge in [-0.3, -0.25) is 0 Å². The second-order valence-corrected chi connectivity index (χ2v) is 4.99. The van der Waals surface area contributed by atoms with Crippen molar-refractivity contribution >= 4 is 11.8 Å². The van der Waals surface area contributed by atoms with E-state index in [1.807, 2.05) is 6.26 Å². The minimum Gasteiger partial charge on any atom is -0.495 e. The van der Waals surface area contributed by atoms with Crippen LogP contribution in [0, 0.1) is 5.82 Å². The van der Waals surface area contributed by atoms with Crippen LogP contribution in [0.2, 0.25) is 0 Å². The number of thioether (sulfide) groups is 1. The molecule has 1 aliphatic rings. The maximum Gasteiger partial charge on any atom is 0.145 e. The average Bonchev–Trinajstić information content (AvgIpc) is 2.25. The molecule has 0 spiro atoms. The van der Waals surface area contributed by atoms with E-state index in [1.165, 1.54) is 11.8 Å². The summed E-state index contributed by atoms with van der Waals surface area (Å²) in [4.78, 5) is 0.553. The molecular formula is C12H16FNOS. The third kappa shape index (κ3) is 1.70. The van der Waals surface area contributed by atoms with E-state index in [0.29, 0.717) is 16.2 Å². The van der Waals surface area contributed by atoms with Crippen LogP contribution in [0.1, 0.15) is 24.8 Å². The lowest BCUT2D eigenvalue weighted by molar-refractivity contribution is 0.243. The largest absolute Gasteiger partial charge is 0.495 e. The van der Waals surface area contributed by atoms with Gasteiger partial charge in [0.05, 0.1) is 12.0 Å². The fourth-order valence-corrected chi connectivity index (χ4v) is 2.74. The normalized spacial score (nSPS) is 18.0. The minimum absolute atomic E-state index is 0.214. The van der Waals surface area contributed by atoms with Crippen LogP contribution in [0.5, 0.6) is 5.75 Å². The summed E-state index contributed by atoms with van der Waals surface area (Å²) in [5, 5.41) is 0. The Labute approximate surface area is 99.4 Å². The zero-order valence-corrected chi connectivity index (χ0v) is 10.4. The molecule has 88 valence electrons. The van der Waals surface area contributed by atoms with Gasteiger partial charge in [-0.15, -0.1) is 11.8 Å². The molecule has 0 atom stereocenters. The highest BCUT2D eigenvalue weighted by Crippen LogP contribution is 2.43. The number of halogens is 1. The Balaban J connectivity index is 2.48. The third-order valence-electron chi connectivity index (χ3n) is 3.27. The van der Waals surface area contributed by atoms with Crippen LogP contribution in [0.15, 0.2) is 17.0 Å². The molecule has 2 nitrogen and oxygen atoms in total. The van der Waals surface area contributed by atoms with E-state index in [0.717, 1.165) is 19.3 Å². The van der Waals surface area contributed by atoms with Crippen LogP contribution in [0.4, 0.5) is 4.39 Å². The standard InChI is InChI=1S/C12H16FNOS/c1-15-9-5-4-8(10(13)11(9)16-2)12(14)6-3-7-12/h4-5H,3,6-7,14H2,1-2H3. The fourth-order valence-electron chi connectivity index (χ4n) is 2.10. The van der Waals surface area contributed by atoms with Gasteiger partial charge in [0.1, 0.15) is 11.6 Å². The molecule has 16 heavy (non-hydrogen) atoms. The monoisotopic (exact) mass is 241 g/mol. The number of benzene rings is 1. The zero-order chi connectivity index (χ0) is 11.8.